The third-order valence-electron chi connectivity index (χ3n) is 4.65. The molecule has 122 valence electrons. The third kappa shape index (κ3) is 2.74. The quantitative estimate of drug-likeness (QED) is 0.716. The van der Waals surface area contributed by atoms with E-state index < -0.39 is 6.10 Å². The van der Waals surface area contributed by atoms with Crippen LogP contribution in [0.5, 0.6) is 0 Å². The van der Waals surface area contributed by atoms with Gasteiger partial charge < -0.3 is 10.4 Å². The van der Waals surface area contributed by atoms with Gasteiger partial charge in [0.1, 0.15) is 0 Å². The summed E-state index contributed by atoms with van der Waals surface area (Å²) in [5, 5.41) is 15.9. The monoisotopic (exact) mass is 338 g/mol. The van der Waals surface area contributed by atoms with Crippen molar-refractivity contribution in [2.45, 2.75) is 31.9 Å². The van der Waals surface area contributed by atoms with Crippen molar-refractivity contribution in [3.8, 4) is 0 Å². The molecule has 0 spiro atoms. The second kappa shape index (κ2) is 6.42. The molecule has 3 nitrogen and oxygen atoms in total. The number of rotatable bonds is 3. The molecule has 4 heteroatoms. The summed E-state index contributed by atoms with van der Waals surface area (Å²) in [5.74, 6) is 0. The van der Waals surface area contributed by atoms with Gasteiger partial charge in [-0.05, 0) is 37.0 Å². The number of hydrogen-bond donors (Lipinski definition) is 2. The SMILES string of the molecule is OC1CCCc2nc3ccccc3c(NCc3ccccc3Cl)c21. The highest BCUT2D eigenvalue weighted by atomic mass is 35.5. The molecule has 3 aromatic rings. The predicted octanol–water partition coefficient (Wildman–Crippen LogP) is 4.87. The van der Waals surface area contributed by atoms with Crippen LogP contribution in [-0.2, 0) is 13.0 Å². The largest absolute Gasteiger partial charge is 0.388 e. The molecule has 4 rings (SSSR count). The molecular formula is C20H19ClN2O. The zero-order chi connectivity index (χ0) is 16.5. The normalized spacial score (nSPS) is 16.8. The van der Waals surface area contributed by atoms with Crippen LogP contribution in [0.2, 0.25) is 5.02 Å². The lowest BCUT2D eigenvalue weighted by molar-refractivity contribution is 0.156. The summed E-state index contributed by atoms with van der Waals surface area (Å²) in [6, 6.07) is 15.9. The van der Waals surface area contributed by atoms with Crippen molar-refractivity contribution in [2.75, 3.05) is 5.32 Å². The summed E-state index contributed by atoms with van der Waals surface area (Å²) in [7, 11) is 0. The van der Waals surface area contributed by atoms with Crippen molar-refractivity contribution in [1.82, 2.24) is 4.98 Å². The average Bonchev–Trinajstić information content (AvgIpc) is 2.60. The number of nitrogens with one attached hydrogen (secondary N) is 1. The van der Waals surface area contributed by atoms with Crippen molar-refractivity contribution in [3.05, 3.63) is 70.4 Å². The first-order valence-corrected chi connectivity index (χ1v) is 8.68. The smallest absolute Gasteiger partial charge is 0.0828 e. The van der Waals surface area contributed by atoms with E-state index in [0.717, 1.165) is 57.7 Å². The van der Waals surface area contributed by atoms with Gasteiger partial charge in [-0.15, -0.1) is 0 Å². The lowest BCUT2D eigenvalue weighted by Gasteiger charge is -2.25. The Morgan fingerprint density at radius 1 is 1.12 bits per heavy atom. The maximum absolute atomic E-state index is 10.5. The van der Waals surface area contributed by atoms with Crippen molar-refractivity contribution < 1.29 is 5.11 Å². The second-order valence-corrected chi connectivity index (χ2v) is 6.62. The molecule has 0 amide bonds. The minimum atomic E-state index is -0.459. The van der Waals surface area contributed by atoms with Crippen LogP contribution >= 0.6 is 11.6 Å². The molecule has 2 aromatic carbocycles. The Labute approximate surface area is 146 Å². The second-order valence-electron chi connectivity index (χ2n) is 6.22. The number of hydrogen-bond acceptors (Lipinski definition) is 3. The van der Waals surface area contributed by atoms with Crippen molar-refractivity contribution >= 4 is 28.2 Å². The molecule has 1 aliphatic rings. The Bertz CT molecular complexity index is 894. The van der Waals surface area contributed by atoms with Gasteiger partial charge >= 0.3 is 0 Å². The van der Waals surface area contributed by atoms with E-state index in [1.165, 1.54) is 0 Å². The van der Waals surface area contributed by atoms with Crippen LogP contribution in [0.15, 0.2) is 48.5 Å². The van der Waals surface area contributed by atoms with Gasteiger partial charge in [-0.3, -0.25) is 4.98 Å². The van der Waals surface area contributed by atoms with E-state index in [4.69, 9.17) is 16.6 Å². The first-order valence-electron chi connectivity index (χ1n) is 8.31. The number of fused-ring (bicyclic) bond motifs is 2. The van der Waals surface area contributed by atoms with E-state index in [9.17, 15) is 5.11 Å². The van der Waals surface area contributed by atoms with Crippen LogP contribution in [0.25, 0.3) is 10.9 Å². The van der Waals surface area contributed by atoms with E-state index in [1.807, 2.05) is 42.5 Å². The standard InChI is InChI=1S/C20H19ClN2O/c21-15-8-3-1-6-13(15)12-22-20-14-7-2-4-9-16(14)23-17-10-5-11-18(24)19(17)20/h1-4,6-9,18,24H,5,10-12H2,(H,22,23). The van der Waals surface area contributed by atoms with Crippen LogP contribution in [0.4, 0.5) is 5.69 Å². The number of nitrogens with zero attached hydrogens (tertiary/aromatic N) is 1. The van der Waals surface area contributed by atoms with Crippen molar-refractivity contribution in [2.24, 2.45) is 0 Å². The zero-order valence-electron chi connectivity index (χ0n) is 13.3. The summed E-state index contributed by atoms with van der Waals surface area (Å²) >= 11 is 6.28. The molecule has 1 aromatic heterocycles. The number of aryl methyl sites for hydroxylation is 1. The Morgan fingerprint density at radius 2 is 1.92 bits per heavy atom. The Kier molecular flexibility index (Phi) is 4.13. The van der Waals surface area contributed by atoms with Gasteiger partial charge in [-0.25, -0.2) is 0 Å². The van der Waals surface area contributed by atoms with E-state index in [2.05, 4.69) is 11.4 Å². The number of benzene rings is 2. The van der Waals surface area contributed by atoms with E-state index >= 15 is 0 Å². The highest BCUT2D eigenvalue weighted by Gasteiger charge is 2.24. The summed E-state index contributed by atoms with van der Waals surface area (Å²) in [4.78, 5) is 4.77. The number of aliphatic hydroxyl groups is 1. The van der Waals surface area contributed by atoms with Crippen molar-refractivity contribution in [3.63, 3.8) is 0 Å². The maximum Gasteiger partial charge on any atom is 0.0828 e. The lowest BCUT2D eigenvalue weighted by atomic mass is 9.90. The summed E-state index contributed by atoms with van der Waals surface area (Å²) in [6.07, 6.45) is 2.22. The van der Waals surface area contributed by atoms with Gasteiger partial charge in [-0.1, -0.05) is 48.0 Å². The molecule has 0 radical (unpaired) electrons. The molecule has 1 aliphatic carbocycles. The van der Waals surface area contributed by atoms with Gasteiger partial charge in [0.2, 0.25) is 0 Å². The first kappa shape index (κ1) is 15.4. The van der Waals surface area contributed by atoms with Crippen LogP contribution < -0.4 is 5.32 Å². The van der Waals surface area contributed by atoms with Crippen LogP contribution in [0.3, 0.4) is 0 Å². The summed E-state index contributed by atoms with van der Waals surface area (Å²) in [5.41, 5.74) is 4.95. The number of para-hydroxylation sites is 1. The van der Waals surface area contributed by atoms with Gasteiger partial charge in [0.15, 0.2) is 0 Å². The molecule has 1 heterocycles. The topological polar surface area (TPSA) is 45.2 Å². The minimum absolute atomic E-state index is 0.459. The Hall–Kier alpha value is -2.10. The highest BCUT2D eigenvalue weighted by Crippen LogP contribution is 2.38. The van der Waals surface area contributed by atoms with Crippen molar-refractivity contribution in [1.29, 1.82) is 0 Å². The van der Waals surface area contributed by atoms with Crippen LogP contribution in [0, 0.1) is 0 Å². The summed E-state index contributed by atoms with van der Waals surface area (Å²) < 4.78 is 0. The molecular weight excluding hydrogens is 320 g/mol. The molecule has 1 unspecified atom stereocenters. The maximum atomic E-state index is 10.5. The van der Waals surface area contributed by atoms with Gasteiger partial charge in [0.05, 0.1) is 17.3 Å². The molecule has 0 saturated heterocycles. The molecule has 0 saturated carbocycles. The molecule has 24 heavy (non-hydrogen) atoms. The molecule has 2 N–H and O–H groups in total. The zero-order valence-corrected chi connectivity index (χ0v) is 14.1. The molecule has 1 atom stereocenters. The van der Waals surface area contributed by atoms with E-state index in [-0.39, 0.29) is 0 Å². The fourth-order valence-electron chi connectivity index (χ4n) is 3.45. The number of aromatic nitrogens is 1. The van der Waals surface area contributed by atoms with E-state index in [1.54, 1.807) is 0 Å². The number of pyridine rings is 1. The number of aliphatic hydroxyl groups excluding tert-OH is 1. The Balaban J connectivity index is 1.80. The predicted molar refractivity (Wildman–Crippen MR) is 98.4 cm³/mol. The number of anilines is 1. The Morgan fingerprint density at radius 3 is 2.79 bits per heavy atom. The first-order chi connectivity index (χ1) is 11.7. The molecule has 0 fully saturated rings. The molecule has 0 bridgehead atoms. The van der Waals surface area contributed by atoms with Crippen LogP contribution in [0.1, 0.15) is 35.8 Å². The van der Waals surface area contributed by atoms with E-state index in [0.29, 0.717) is 6.54 Å². The third-order valence-corrected chi connectivity index (χ3v) is 5.02. The highest BCUT2D eigenvalue weighted by molar-refractivity contribution is 6.31. The van der Waals surface area contributed by atoms with Gasteiger partial charge in [0, 0.05) is 28.2 Å². The van der Waals surface area contributed by atoms with Gasteiger partial charge in [0.25, 0.3) is 0 Å². The lowest BCUT2D eigenvalue weighted by Crippen LogP contribution is -2.15. The minimum Gasteiger partial charge on any atom is -0.388 e. The number of halogens is 1. The van der Waals surface area contributed by atoms with Gasteiger partial charge in [-0.2, -0.15) is 0 Å². The fourth-order valence-corrected chi connectivity index (χ4v) is 3.65. The fraction of sp³-hybridized carbons (Fsp3) is 0.250. The average molecular weight is 339 g/mol. The summed E-state index contributed by atoms with van der Waals surface area (Å²) in [6.45, 7) is 0.618. The van der Waals surface area contributed by atoms with Crippen LogP contribution in [-0.4, -0.2) is 10.1 Å². The molecule has 0 aliphatic heterocycles.